The number of aliphatic hydroxyl groups is 2. The normalized spacial score (nSPS) is 20.7. The maximum Gasteiger partial charge on any atom is 0.237 e. The fourth-order valence-electron chi connectivity index (χ4n) is 3.81. The molecule has 1 unspecified atom stereocenters. The number of nitrogens with zero attached hydrogens (tertiary/aromatic N) is 1. The first kappa shape index (κ1) is 21.9. The molecule has 0 spiro atoms. The van der Waals surface area contributed by atoms with Crippen molar-refractivity contribution in [2.24, 2.45) is 17.1 Å². The Kier molecular flexibility index (Phi) is 7.82. The zero-order chi connectivity index (χ0) is 20.0. The molecule has 6 N–H and O–H groups in total. The monoisotopic (exact) mass is 380 g/mol. The van der Waals surface area contributed by atoms with E-state index >= 15 is 0 Å². The molecule has 0 bridgehead atoms. The molecule has 154 valence electrons. The van der Waals surface area contributed by atoms with Gasteiger partial charge in [0.2, 0.25) is 5.91 Å². The van der Waals surface area contributed by atoms with Crippen LogP contribution in [0.1, 0.15) is 65.0 Å². The van der Waals surface area contributed by atoms with Gasteiger partial charge in [-0.2, -0.15) is 0 Å². The molecule has 1 aromatic heterocycles. The van der Waals surface area contributed by atoms with Crippen LogP contribution >= 0.6 is 0 Å². The van der Waals surface area contributed by atoms with Gasteiger partial charge in [0.05, 0.1) is 24.5 Å². The number of nitrogens with one attached hydrogen (secondary N) is 2. The van der Waals surface area contributed by atoms with Crippen LogP contribution in [0.5, 0.6) is 0 Å². The van der Waals surface area contributed by atoms with E-state index in [1.54, 1.807) is 12.5 Å². The minimum absolute atomic E-state index is 0.314. The van der Waals surface area contributed by atoms with Gasteiger partial charge in [-0.15, -0.1) is 0 Å². The highest BCUT2D eigenvalue weighted by molar-refractivity contribution is 5.82. The molecule has 1 saturated carbocycles. The van der Waals surface area contributed by atoms with Crippen molar-refractivity contribution in [3.05, 3.63) is 18.2 Å². The molecule has 1 aliphatic rings. The Hall–Kier alpha value is -1.44. The first-order chi connectivity index (χ1) is 12.7. The van der Waals surface area contributed by atoms with Gasteiger partial charge in [0, 0.05) is 18.3 Å². The zero-order valence-corrected chi connectivity index (χ0v) is 16.8. The summed E-state index contributed by atoms with van der Waals surface area (Å²) in [5.74, 6) is 0.139. The summed E-state index contributed by atoms with van der Waals surface area (Å²) in [7, 11) is 0. The first-order valence-corrected chi connectivity index (χ1v) is 10.1. The molecule has 7 nitrogen and oxygen atoms in total. The smallest absolute Gasteiger partial charge is 0.237 e. The molecule has 0 aliphatic heterocycles. The Morgan fingerprint density at radius 1 is 1.33 bits per heavy atom. The van der Waals surface area contributed by atoms with Gasteiger partial charge in [0.1, 0.15) is 6.10 Å². The summed E-state index contributed by atoms with van der Waals surface area (Å²) in [6, 6.07) is -1.25. The summed E-state index contributed by atoms with van der Waals surface area (Å²) in [6.07, 6.45) is 8.05. The summed E-state index contributed by atoms with van der Waals surface area (Å²) in [5, 5.41) is 24.3. The van der Waals surface area contributed by atoms with Crippen LogP contribution in [0, 0.1) is 11.3 Å². The quantitative estimate of drug-likeness (QED) is 0.467. The molecule has 0 saturated heterocycles. The average molecular weight is 381 g/mol. The van der Waals surface area contributed by atoms with Crippen molar-refractivity contribution < 1.29 is 15.0 Å². The largest absolute Gasteiger partial charge is 0.390 e. The number of carbonyl (C=O) groups is 1. The fourth-order valence-corrected chi connectivity index (χ4v) is 3.81. The van der Waals surface area contributed by atoms with E-state index in [2.05, 4.69) is 15.3 Å². The lowest BCUT2D eigenvalue weighted by Crippen LogP contribution is -2.56. The average Bonchev–Trinajstić information content (AvgIpc) is 3.12. The molecule has 1 aromatic rings. The number of rotatable bonds is 8. The second-order valence-corrected chi connectivity index (χ2v) is 9.04. The summed E-state index contributed by atoms with van der Waals surface area (Å²) in [6.45, 7) is 5.64. The summed E-state index contributed by atoms with van der Waals surface area (Å²) in [4.78, 5) is 19.5. The van der Waals surface area contributed by atoms with Gasteiger partial charge in [-0.25, -0.2) is 4.98 Å². The van der Waals surface area contributed by atoms with E-state index in [1.165, 1.54) is 19.3 Å². The van der Waals surface area contributed by atoms with E-state index in [-0.39, 0.29) is 5.91 Å². The molecular weight excluding hydrogens is 344 g/mol. The van der Waals surface area contributed by atoms with Crippen LogP contribution in [0.3, 0.4) is 0 Å². The van der Waals surface area contributed by atoms with Crippen molar-refractivity contribution in [2.45, 2.75) is 90.0 Å². The van der Waals surface area contributed by atoms with E-state index in [4.69, 9.17) is 5.73 Å². The molecule has 1 fully saturated rings. The second kappa shape index (κ2) is 9.66. The third-order valence-electron chi connectivity index (χ3n) is 5.59. The molecule has 4 atom stereocenters. The van der Waals surface area contributed by atoms with Crippen LogP contribution in [0.25, 0.3) is 0 Å². The van der Waals surface area contributed by atoms with Crippen LogP contribution in [-0.4, -0.2) is 50.4 Å². The SMILES string of the molecule is CC(C)(C)[C@H](O)[C@H](O)[C@H](CC1CCCCC1)NC(=O)C(N)Cc1cnc[nH]1. The van der Waals surface area contributed by atoms with Crippen molar-refractivity contribution in [2.75, 3.05) is 0 Å². The highest BCUT2D eigenvalue weighted by Crippen LogP contribution is 2.30. The topological polar surface area (TPSA) is 124 Å². The fraction of sp³-hybridized carbons (Fsp3) is 0.800. The third-order valence-corrected chi connectivity index (χ3v) is 5.59. The summed E-state index contributed by atoms with van der Waals surface area (Å²) >= 11 is 0. The number of hydrogen-bond donors (Lipinski definition) is 5. The Bertz CT molecular complexity index is 564. The molecule has 1 heterocycles. The summed E-state index contributed by atoms with van der Waals surface area (Å²) < 4.78 is 0. The van der Waals surface area contributed by atoms with Crippen molar-refractivity contribution in [3.63, 3.8) is 0 Å². The Morgan fingerprint density at radius 2 is 2.00 bits per heavy atom. The number of carbonyl (C=O) groups excluding carboxylic acids is 1. The zero-order valence-electron chi connectivity index (χ0n) is 16.8. The minimum Gasteiger partial charge on any atom is -0.390 e. The number of aliphatic hydroxyl groups excluding tert-OH is 2. The lowest BCUT2D eigenvalue weighted by molar-refractivity contribution is -0.126. The van der Waals surface area contributed by atoms with Gasteiger partial charge in [0.15, 0.2) is 0 Å². The molecule has 2 rings (SSSR count). The third kappa shape index (κ3) is 6.59. The molecule has 7 heteroatoms. The first-order valence-electron chi connectivity index (χ1n) is 10.1. The van der Waals surface area contributed by atoms with Gasteiger partial charge in [0.25, 0.3) is 0 Å². The van der Waals surface area contributed by atoms with Gasteiger partial charge in [-0.1, -0.05) is 52.9 Å². The summed E-state index contributed by atoms with van der Waals surface area (Å²) in [5.41, 5.74) is 6.36. The number of aromatic nitrogens is 2. The maximum absolute atomic E-state index is 12.6. The minimum atomic E-state index is -1.03. The number of H-pyrrole nitrogens is 1. The molecule has 27 heavy (non-hydrogen) atoms. The van der Waals surface area contributed by atoms with E-state index in [0.29, 0.717) is 18.8 Å². The number of imidazole rings is 1. The van der Waals surface area contributed by atoms with Gasteiger partial charge >= 0.3 is 0 Å². The highest BCUT2D eigenvalue weighted by Gasteiger charge is 2.37. The number of hydrogen-bond acceptors (Lipinski definition) is 5. The molecule has 0 radical (unpaired) electrons. The van der Waals surface area contributed by atoms with E-state index in [1.807, 2.05) is 20.8 Å². The van der Waals surface area contributed by atoms with Crippen molar-refractivity contribution in [1.82, 2.24) is 15.3 Å². The van der Waals surface area contributed by atoms with Crippen LogP contribution in [0.4, 0.5) is 0 Å². The molecule has 1 aliphatic carbocycles. The van der Waals surface area contributed by atoms with E-state index in [0.717, 1.165) is 18.5 Å². The molecule has 1 amide bonds. The van der Waals surface area contributed by atoms with Gasteiger partial charge < -0.3 is 26.2 Å². The van der Waals surface area contributed by atoms with Crippen LogP contribution in [-0.2, 0) is 11.2 Å². The highest BCUT2D eigenvalue weighted by atomic mass is 16.3. The number of aromatic amines is 1. The standard InChI is InChI=1S/C20H36N4O3/c1-20(2,3)18(26)17(25)16(9-13-7-5-4-6-8-13)24-19(27)15(21)10-14-11-22-12-23-14/h11-13,15-18,25-26H,4-10,21H2,1-3H3,(H,22,23)(H,24,27)/t15?,16-,17+,18+/m0/s1. The maximum atomic E-state index is 12.6. The van der Waals surface area contributed by atoms with Gasteiger partial charge in [-0.3, -0.25) is 4.79 Å². The molecular formula is C20H36N4O3. The van der Waals surface area contributed by atoms with Crippen molar-refractivity contribution >= 4 is 5.91 Å². The van der Waals surface area contributed by atoms with Crippen LogP contribution in [0.2, 0.25) is 0 Å². The number of nitrogens with two attached hydrogens (primary N) is 1. The number of amides is 1. The second-order valence-electron chi connectivity index (χ2n) is 9.04. The Balaban J connectivity index is 2.04. The lowest BCUT2D eigenvalue weighted by atomic mass is 9.79. The predicted molar refractivity (Wildman–Crippen MR) is 105 cm³/mol. The van der Waals surface area contributed by atoms with Crippen molar-refractivity contribution in [1.29, 1.82) is 0 Å². The van der Waals surface area contributed by atoms with E-state index in [9.17, 15) is 15.0 Å². The van der Waals surface area contributed by atoms with Gasteiger partial charge in [-0.05, 0) is 17.8 Å². The van der Waals surface area contributed by atoms with Crippen LogP contribution < -0.4 is 11.1 Å². The van der Waals surface area contributed by atoms with Crippen LogP contribution in [0.15, 0.2) is 12.5 Å². The lowest BCUT2D eigenvalue weighted by Gasteiger charge is -2.37. The Morgan fingerprint density at radius 3 is 2.56 bits per heavy atom. The molecule has 0 aromatic carbocycles. The Labute approximate surface area is 162 Å². The predicted octanol–water partition coefficient (Wildman–Crippen LogP) is 1.50. The van der Waals surface area contributed by atoms with Crippen molar-refractivity contribution in [3.8, 4) is 0 Å². The van der Waals surface area contributed by atoms with E-state index < -0.39 is 29.7 Å².